The van der Waals surface area contributed by atoms with Gasteiger partial charge in [-0.2, -0.15) is 0 Å². The molecule has 0 aliphatic heterocycles. The molecule has 0 aliphatic carbocycles. The maximum absolute atomic E-state index is 5.53. The van der Waals surface area contributed by atoms with E-state index in [0.29, 0.717) is 6.04 Å². The fourth-order valence-electron chi connectivity index (χ4n) is 2.37. The Morgan fingerprint density at radius 1 is 1.10 bits per heavy atom. The number of hydrogen-bond donors (Lipinski definition) is 1. The molecule has 1 atom stereocenters. The monoisotopic (exact) mass is 343 g/mol. The molecule has 1 aromatic rings. The van der Waals surface area contributed by atoms with Crippen molar-refractivity contribution in [3.05, 3.63) is 22.2 Å². The third-order valence-corrected chi connectivity index (χ3v) is 4.05. The highest BCUT2D eigenvalue weighted by Gasteiger charge is 2.18. The Hall–Kier alpha value is -0.740. The van der Waals surface area contributed by atoms with Gasteiger partial charge >= 0.3 is 0 Å². The number of hydrogen-bond acceptors (Lipinski definition) is 3. The van der Waals surface area contributed by atoms with Crippen molar-refractivity contribution in [2.75, 3.05) is 20.8 Å². The molecule has 4 heteroatoms. The van der Waals surface area contributed by atoms with Crippen LogP contribution in [0, 0.1) is 0 Å². The van der Waals surface area contributed by atoms with E-state index >= 15 is 0 Å². The Morgan fingerprint density at radius 3 is 2.35 bits per heavy atom. The first kappa shape index (κ1) is 17.3. The minimum atomic E-state index is 0.309. The van der Waals surface area contributed by atoms with E-state index in [0.717, 1.165) is 28.9 Å². The number of unbranched alkanes of at least 4 members (excludes halogenated alkanes) is 2. The molecule has 0 aliphatic rings. The molecule has 3 nitrogen and oxygen atoms in total. The van der Waals surface area contributed by atoms with Crippen LogP contribution in [0.25, 0.3) is 0 Å². The zero-order valence-electron chi connectivity index (χ0n) is 13.0. The van der Waals surface area contributed by atoms with Crippen molar-refractivity contribution in [1.29, 1.82) is 0 Å². The topological polar surface area (TPSA) is 30.5 Å². The zero-order valence-corrected chi connectivity index (χ0v) is 14.5. The summed E-state index contributed by atoms with van der Waals surface area (Å²) in [5.74, 6) is 1.75. The van der Waals surface area contributed by atoms with Crippen LogP contribution in [0.1, 0.15) is 51.1 Å². The minimum absolute atomic E-state index is 0.309. The zero-order chi connectivity index (χ0) is 15.0. The quantitative estimate of drug-likeness (QED) is 0.659. The lowest BCUT2D eigenvalue weighted by Crippen LogP contribution is -2.21. The molecule has 0 saturated carbocycles. The average Bonchev–Trinajstić information content (AvgIpc) is 2.46. The van der Waals surface area contributed by atoms with Crippen LogP contribution >= 0.6 is 15.9 Å². The van der Waals surface area contributed by atoms with Crippen molar-refractivity contribution >= 4 is 15.9 Å². The van der Waals surface area contributed by atoms with Crippen LogP contribution in [0.3, 0.4) is 0 Å². The van der Waals surface area contributed by atoms with E-state index in [1.54, 1.807) is 14.2 Å². The molecule has 0 saturated heterocycles. The Bertz CT molecular complexity index is 410. The van der Waals surface area contributed by atoms with Crippen LogP contribution in [0.4, 0.5) is 0 Å². The summed E-state index contributed by atoms with van der Waals surface area (Å²) in [4.78, 5) is 0. The normalized spacial score (nSPS) is 12.2. The van der Waals surface area contributed by atoms with Gasteiger partial charge < -0.3 is 14.8 Å². The summed E-state index contributed by atoms with van der Waals surface area (Å²) < 4.78 is 11.9. The van der Waals surface area contributed by atoms with Crippen molar-refractivity contribution < 1.29 is 9.47 Å². The molecule has 1 unspecified atom stereocenters. The smallest absolute Gasteiger partial charge is 0.133 e. The van der Waals surface area contributed by atoms with Crippen LogP contribution in [-0.2, 0) is 0 Å². The third kappa shape index (κ3) is 4.67. The summed E-state index contributed by atoms with van der Waals surface area (Å²) in [5.41, 5.74) is 1.17. The highest BCUT2D eigenvalue weighted by molar-refractivity contribution is 9.10. The van der Waals surface area contributed by atoms with E-state index in [1.807, 2.05) is 6.07 Å². The van der Waals surface area contributed by atoms with Gasteiger partial charge in [0.15, 0.2) is 0 Å². The maximum atomic E-state index is 5.53. The molecule has 114 valence electrons. The first-order valence-corrected chi connectivity index (χ1v) is 8.11. The van der Waals surface area contributed by atoms with Crippen LogP contribution < -0.4 is 14.8 Å². The average molecular weight is 344 g/mol. The molecular weight excluding hydrogens is 318 g/mol. The number of ether oxygens (including phenoxy) is 2. The molecule has 0 heterocycles. The van der Waals surface area contributed by atoms with E-state index < -0.39 is 0 Å². The van der Waals surface area contributed by atoms with Crippen molar-refractivity contribution in [3.8, 4) is 11.5 Å². The minimum Gasteiger partial charge on any atom is -0.496 e. The number of benzene rings is 1. The van der Waals surface area contributed by atoms with Crippen LogP contribution in [-0.4, -0.2) is 20.8 Å². The van der Waals surface area contributed by atoms with Crippen molar-refractivity contribution in [2.24, 2.45) is 0 Å². The van der Waals surface area contributed by atoms with Crippen LogP contribution in [0.2, 0.25) is 0 Å². The largest absolute Gasteiger partial charge is 0.496 e. The Balaban J connectivity index is 3.03. The van der Waals surface area contributed by atoms with Crippen molar-refractivity contribution in [1.82, 2.24) is 5.32 Å². The molecule has 0 fully saturated rings. The van der Waals surface area contributed by atoms with E-state index in [1.165, 1.54) is 24.8 Å². The van der Waals surface area contributed by atoms with E-state index in [4.69, 9.17) is 9.47 Å². The standard InChI is InChI=1S/C16H26BrNO2/c1-5-7-8-9-14(18-6-2)12-10-16(20-4)13(17)11-15(12)19-3/h10-11,14,18H,5-9H2,1-4H3. The molecule has 0 radical (unpaired) electrons. The number of halogens is 1. The Morgan fingerprint density at radius 2 is 1.80 bits per heavy atom. The number of methoxy groups -OCH3 is 2. The van der Waals surface area contributed by atoms with Crippen molar-refractivity contribution in [3.63, 3.8) is 0 Å². The lowest BCUT2D eigenvalue weighted by Gasteiger charge is -2.22. The molecule has 1 rings (SSSR count). The molecule has 0 bridgehead atoms. The van der Waals surface area contributed by atoms with Gasteiger partial charge in [0.2, 0.25) is 0 Å². The molecule has 0 spiro atoms. The van der Waals surface area contributed by atoms with Gasteiger partial charge in [0, 0.05) is 11.6 Å². The van der Waals surface area contributed by atoms with Gasteiger partial charge in [-0.25, -0.2) is 0 Å². The predicted molar refractivity (Wildman–Crippen MR) is 87.8 cm³/mol. The fraction of sp³-hybridized carbons (Fsp3) is 0.625. The van der Waals surface area contributed by atoms with E-state index in [-0.39, 0.29) is 0 Å². The number of rotatable bonds is 9. The maximum Gasteiger partial charge on any atom is 0.133 e. The first-order valence-electron chi connectivity index (χ1n) is 7.32. The first-order chi connectivity index (χ1) is 9.67. The SMILES string of the molecule is CCCCCC(NCC)c1cc(OC)c(Br)cc1OC. The molecule has 1 aromatic carbocycles. The van der Waals surface area contributed by atoms with Gasteiger partial charge in [0.25, 0.3) is 0 Å². The summed E-state index contributed by atoms with van der Waals surface area (Å²) in [6, 6.07) is 4.36. The van der Waals surface area contributed by atoms with Gasteiger partial charge in [-0.1, -0.05) is 33.1 Å². The number of nitrogens with one attached hydrogen (secondary N) is 1. The second kappa shape index (κ2) is 9.24. The molecular formula is C16H26BrNO2. The van der Waals surface area contributed by atoms with Crippen LogP contribution in [0.5, 0.6) is 11.5 Å². The van der Waals surface area contributed by atoms with Gasteiger partial charge in [-0.05, 0) is 41.0 Å². The molecule has 20 heavy (non-hydrogen) atoms. The second-order valence-corrected chi connectivity index (χ2v) is 5.69. The van der Waals surface area contributed by atoms with Crippen molar-refractivity contribution in [2.45, 2.75) is 45.6 Å². The highest BCUT2D eigenvalue weighted by atomic mass is 79.9. The summed E-state index contributed by atoms with van der Waals surface area (Å²) in [6.45, 7) is 5.30. The summed E-state index contributed by atoms with van der Waals surface area (Å²) in [6.07, 6.45) is 4.83. The van der Waals surface area contributed by atoms with Gasteiger partial charge in [0.05, 0.1) is 18.7 Å². The lowest BCUT2D eigenvalue weighted by molar-refractivity contribution is 0.383. The molecule has 0 aromatic heterocycles. The molecule has 1 N–H and O–H groups in total. The summed E-state index contributed by atoms with van der Waals surface area (Å²) in [5, 5.41) is 3.55. The lowest BCUT2D eigenvalue weighted by atomic mass is 9.99. The third-order valence-electron chi connectivity index (χ3n) is 3.43. The second-order valence-electron chi connectivity index (χ2n) is 4.83. The summed E-state index contributed by atoms with van der Waals surface area (Å²) >= 11 is 3.51. The fourth-order valence-corrected chi connectivity index (χ4v) is 2.85. The van der Waals surface area contributed by atoms with E-state index in [9.17, 15) is 0 Å². The predicted octanol–water partition coefficient (Wildman–Crippen LogP) is 4.70. The Labute approximate surface area is 131 Å². The van der Waals surface area contributed by atoms with E-state index in [2.05, 4.69) is 41.2 Å². The summed E-state index contributed by atoms with van der Waals surface area (Å²) in [7, 11) is 3.41. The van der Waals surface area contributed by atoms with Gasteiger partial charge in [0.1, 0.15) is 11.5 Å². The molecule has 0 amide bonds. The van der Waals surface area contributed by atoms with Gasteiger partial charge in [-0.15, -0.1) is 0 Å². The van der Waals surface area contributed by atoms with Crippen LogP contribution in [0.15, 0.2) is 16.6 Å². The highest BCUT2D eigenvalue weighted by Crippen LogP contribution is 2.37. The van der Waals surface area contributed by atoms with Gasteiger partial charge in [-0.3, -0.25) is 0 Å². The Kier molecular flexibility index (Phi) is 8.00.